The van der Waals surface area contributed by atoms with Crippen LogP contribution < -0.4 is 11.1 Å². The number of hydrogen-bond acceptors (Lipinski definition) is 3. The van der Waals surface area contributed by atoms with Crippen LogP contribution in [0.25, 0.3) is 11.1 Å². The quantitative estimate of drug-likeness (QED) is 0.830. The van der Waals surface area contributed by atoms with Gasteiger partial charge in [0.25, 0.3) is 0 Å². The molecule has 1 aromatic carbocycles. The molecule has 0 aliphatic heterocycles. The first-order valence-corrected chi connectivity index (χ1v) is 7.21. The number of carbonyl (C=O) groups excluding carboxylic acids is 1. The van der Waals surface area contributed by atoms with E-state index in [1.807, 2.05) is 51.2 Å². The second-order valence-corrected chi connectivity index (χ2v) is 5.32. The highest BCUT2D eigenvalue weighted by Gasteiger charge is 2.17. The van der Waals surface area contributed by atoms with Crippen LogP contribution >= 0.6 is 0 Å². The highest BCUT2D eigenvalue weighted by atomic mass is 16.2. The summed E-state index contributed by atoms with van der Waals surface area (Å²) in [4.78, 5) is 12.1. The third-order valence-corrected chi connectivity index (χ3v) is 3.62. The molecule has 5 heteroatoms. The van der Waals surface area contributed by atoms with E-state index in [4.69, 9.17) is 5.73 Å². The molecule has 3 N–H and O–H groups in total. The Kier molecular flexibility index (Phi) is 4.62. The van der Waals surface area contributed by atoms with E-state index in [0.717, 1.165) is 23.2 Å². The van der Waals surface area contributed by atoms with Gasteiger partial charge in [-0.2, -0.15) is 5.10 Å². The van der Waals surface area contributed by atoms with Crippen LogP contribution in [-0.4, -0.2) is 21.7 Å². The van der Waals surface area contributed by atoms with Gasteiger partial charge < -0.3 is 11.1 Å². The van der Waals surface area contributed by atoms with Gasteiger partial charge in [0, 0.05) is 23.5 Å². The van der Waals surface area contributed by atoms with Crippen molar-refractivity contribution in [1.82, 2.24) is 15.1 Å². The second-order valence-electron chi connectivity index (χ2n) is 5.32. The summed E-state index contributed by atoms with van der Waals surface area (Å²) in [6.07, 6.45) is 4.55. The molecule has 2 unspecified atom stereocenters. The van der Waals surface area contributed by atoms with Crippen LogP contribution in [0, 0.1) is 0 Å². The minimum absolute atomic E-state index is 0.0173. The van der Waals surface area contributed by atoms with Crippen molar-refractivity contribution in [1.29, 1.82) is 0 Å². The highest BCUT2D eigenvalue weighted by Crippen LogP contribution is 2.21. The van der Waals surface area contributed by atoms with Gasteiger partial charge in [-0.3, -0.25) is 9.48 Å². The molecule has 1 amide bonds. The Bertz CT molecular complexity index is 603. The first kappa shape index (κ1) is 15.1. The second kappa shape index (κ2) is 6.43. The smallest absolute Gasteiger partial charge is 0.244 e. The fourth-order valence-corrected chi connectivity index (χ4v) is 1.96. The molecule has 2 rings (SSSR count). The standard InChI is InChI=1S/C16H22N4O/c1-4-11(2)19-16(21)12(3)20-10-14(9-18-20)13-5-7-15(17)8-6-13/h5-12H,4,17H2,1-3H3,(H,19,21). The fourth-order valence-electron chi connectivity index (χ4n) is 1.96. The lowest BCUT2D eigenvalue weighted by atomic mass is 10.1. The number of anilines is 1. The van der Waals surface area contributed by atoms with Crippen molar-refractivity contribution in [3.63, 3.8) is 0 Å². The highest BCUT2D eigenvalue weighted by molar-refractivity contribution is 5.80. The maximum atomic E-state index is 12.1. The summed E-state index contributed by atoms with van der Waals surface area (Å²) in [5.41, 5.74) is 8.42. The molecule has 0 radical (unpaired) electrons. The largest absolute Gasteiger partial charge is 0.399 e. The number of aromatic nitrogens is 2. The van der Waals surface area contributed by atoms with Crippen LogP contribution in [0.2, 0.25) is 0 Å². The minimum Gasteiger partial charge on any atom is -0.399 e. The van der Waals surface area contributed by atoms with Gasteiger partial charge in [-0.1, -0.05) is 19.1 Å². The van der Waals surface area contributed by atoms with E-state index >= 15 is 0 Å². The molecule has 5 nitrogen and oxygen atoms in total. The van der Waals surface area contributed by atoms with Crippen LogP contribution in [-0.2, 0) is 4.79 Å². The van der Waals surface area contributed by atoms with E-state index in [1.54, 1.807) is 10.9 Å². The molecule has 1 aromatic heterocycles. The first-order valence-electron chi connectivity index (χ1n) is 7.21. The van der Waals surface area contributed by atoms with Crippen LogP contribution in [0.1, 0.15) is 33.2 Å². The van der Waals surface area contributed by atoms with E-state index in [-0.39, 0.29) is 18.0 Å². The molecule has 0 bridgehead atoms. The maximum Gasteiger partial charge on any atom is 0.244 e. The molecule has 21 heavy (non-hydrogen) atoms. The third kappa shape index (κ3) is 3.62. The molecule has 0 saturated heterocycles. The molecule has 0 aliphatic carbocycles. The van der Waals surface area contributed by atoms with Crippen molar-refractivity contribution in [3.8, 4) is 11.1 Å². The molecule has 0 saturated carbocycles. The predicted molar refractivity (Wildman–Crippen MR) is 84.7 cm³/mol. The number of amides is 1. The van der Waals surface area contributed by atoms with Crippen molar-refractivity contribution in [2.75, 3.05) is 5.73 Å². The van der Waals surface area contributed by atoms with Crippen molar-refractivity contribution in [2.45, 2.75) is 39.3 Å². The zero-order valence-electron chi connectivity index (χ0n) is 12.7. The number of nitrogens with zero attached hydrogens (tertiary/aromatic N) is 2. The molecule has 1 heterocycles. The molecule has 112 valence electrons. The molecular weight excluding hydrogens is 264 g/mol. The van der Waals surface area contributed by atoms with Gasteiger partial charge in [0.1, 0.15) is 6.04 Å². The Balaban J connectivity index is 2.12. The predicted octanol–water partition coefficient (Wildman–Crippen LogP) is 2.61. The Morgan fingerprint density at radius 2 is 1.95 bits per heavy atom. The minimum atomic E-state index is -0.332. The summed E-state index contributed by atoms with van der Waals surface area (Å²) < 4.78 is 1.68. The fraction of sp³-hybridized carbons (Fsp3) is 0.375. The number of rotatable bonds is 5. The van der Waals surface area contributed by atoms with E-state index in [1.165, 1.54) is 0 Å². The Hall–Kier alpha value is -2.30. The number of carbonyl (C=O) groups is 1. The average molecular weight is 286 g/mol. The Morgan fingerprint density at radius 3 is 2.57 bits per heavy atom. The number of hydrogen-bond donors (Lipinski definition) is 2. The van der Waals surface area contributed by atoms with E-state index in [2.05, 4.69) is 10.4 Å². The molecular formula is C16H22N4O. The van der Waals surface area contributed by atoms with Gasteiger partial charge in [-0.05, 0) is 38.0 Å². The maximum absolute atomic E-state index is 12.1. The normalized spacial score (nSPS) is 13.7. The van der Waals surface area contributed by atoms with Crippen LogP contribution in [0.4, 0.5) is 5.69 Å². The summed E-state index contributed by atoms with van der Waals surface area (Å²) in [6, 6.07) is 7.44. The molecule has 0 spiro atoms. The Morgan fingerprint density at radius 1 is 1.29 bits per heavy atom. The van der Waals surface area contributed by atoms with Gasteiger partial charge in [0.2, 0.25) is 5.91 Å². The monoisotopic (exact) mass is 286 g/mol. The number of benzene rings is 1. The summed E-state index contributed by atoms with van der Waals surface area (Å²) in [5.74, 6) is -0.0173. The summed E-state index contributed by atoms with van der Waals surface area (Å²) >= 11 is 0. The van der Waals surface area contributed by atoms with E-state index in [0.29, 0.717) is 0 Å². The third-order valence-electron chi connectivity index (χ3n) is 3.62. The summed E-state index contributed by atoms with van der Waals surface area (Å²) in [7, 11) is 0. The lowest BCUT2D eigenvalue weighted by Gasteiger charge is -2.16. The number of nitrogens with two attached hydrogens (primary N) is 1. The van der Waals surface area contributed by atoms with Crippen LogP contribution in [0.5, 0.6) is 0 Å². The van der Waals surface area contributed by atoms with Gasteiger partial charge in [0.05, 0.1) is 6.20 Å². The number of nitrogens with one attached hydrogen (secondary N) is 1. The topological polar surface area (TPSA) is 72.9 Å². The van der Waals surface area contributed by atoms with Gasteiger partial charge in [-0.25, -0.2) is 0 Å². The van der Waals surface area contributed by atoms with Crippen LogP contribution in [0.3, 0.4) is 0 Å². The molecule has 0 fully saturated rings. The zero-order chi connectivity index (χ0) is 15.4. The lowest BCUT2D eigenvalue weighted by molar-refractivity contribution is -0.124. The van der Waals surface area contributed by atoms with Crippen molar-refractivity contribution in [2.24, 2.45) is 0 Å². The van der Waals surface area contributed by atoms with Crippen molar-refractivity contribution < 1.29 is 4.79 Å². The van der Waals surface area contributed by atoms with Gasteiger partial charge >= 0.3 is 0 Å². The van der Waals surface area contributed by atoms with Gasteiger partial charge in [0.15, 0.2) is 0 Å². The molecule has 0 aliphatic rings. The van der Waals surface area contributed by atoms with Crippen molar-refractivity contribution >= 4 is 11.6 Å². The number of nitrogen functional groups attached to an aromatic ring is 1. The zero-order valence-corrected chi connectivity index (χ0v) is 12.7. The molecule has 2 aromatic rings. The van der Waals surface area contributed by atoms with Crippen LogP contribution in [0.15, 0.2) is 36.7 Å². The summed E-state index contributed by atoms with van der Waals surface area (Å²) in [6.45, 7) is 5.88. The lowest BCUT2D eigenvalue weighted by Crippen LogP contribution is -2.37. The Labute approximate surface area is 125 Å². The van der Waals surface area contributed by atoms with Gasteiger partial charge in [-0.15, -0.1) is 0 Å². The van der Waals surface area contributed by atoms with Crippen molar-refractivity contribution in [3.05, 3.63) is 36.7 Å². The molecule has 2 atom stereocenters. The summed E-state index contributed by atoms with van der Waals surface area (Å²) in [5, 5.41) is 7.26. The van der Waals surface area contributed by atoms with E-state index < -0.39 is 0 Å². The first-order chi connectivity index (χ1) is 10.0. The average Bonchev–Trinajstić information content (AvgIpc) is 2.96. The SMILES string of the molecule is CCC(C)NC(=O)C(C)n1cc(-c2ccc(N)cc2)cn1. The van der Waals surface area contributed by atoms with E-state index in [9.17, 15) is 4.79 Å².